The van der Waals surface area contributed by atoms with Crippen LogP contribution in [0.1, 0.15) is 52.0 Å². The molecule has 1 heterocycles. The summed E-state index contributed by atoms with van der Waals surface area (Å²) in [6, 6.07) is 15.0. The molecule has 6 heteroatoms. The second-order valence-electron chi connectivity index (χ2n) is 8.51. The van der Waals surface area contributed by atoms with Crippen LogP contribution in [0.5, 0.6) is 0 Å². The second kappa shape index (κ2) is 9.84. The molecular formula is C25H29ClN2O3. The molecule has 2 aromatic rings. The third-order valence-electron chi connectivity index (χ3n) is 6.24. The Bertz CT molecular complexity index is 907. The quantitative estimate of drug-likeness (QED) is 0.684. The van der Waals surface area contributed by atoms with Gasteiger partial charge in [0.1, 0.15) is 0 Å². The number of benzene rings is 2. The van der Waals surface area contributed by atoms with Gasteiger partial charge in [0.25, 0.3) is 11.8 Å². The van der Waals surface area contributed by atoms with E-state index in [0.717, 1.165) is 31.2 Å². The highest BCUT2D eigenvalue weighted by Crippen LogP contribution is 2.26. The molecule has 1 unspecified atom stereocenters. The van der Waals surface area contributed by atoms with Crippen molar-refractivity contribution in [2.45, 2.75) is 44.8 Å². The van der Waals surface area contributed by atoms with Crippen molar-refractivity contribution in [1.29, 1.82) is 0 Å². The molecule has 5 nitrogen and oxygen atoms in total. The van der Waals surface area contributed by atoms with Crippen molar-refractivity contribution < 1.29 is 14.3 Å². The largest absolute Gasteiger partial charge is 0.373 e. The van der Waals surface area contributed by atoms with Crippen molar-refractivity contribution >= 4 is 23.4 Å². The van der Waals surface area contributed by atoms with E-state index in [0.29, 0.717) is 42.4 Å². The zero-order valence-electron chi connectivity index (χ0n) is 17.9. The van der Waals surface area contributed by atoms with Crippen LogP contribution in [-0.4, -0.2) is 60.0 Å². The van der Waals surface area contributed by atoms with Crippen molar-refractivity contribution in [2.75, 3.05) is 26.2 Å². The van der Waals surface area contributed by atoms with Gasteiger partial charge in [-0.3, -0.25) is 9.59 Å². The van der Waals surface area contributed by atoms with Crippen molar-refractivity contribution in [2.24, 2.45) is 0 Å². The molecule has 1 saturated heterocycles. The average Bonchev–Trinajstić information content (AvgIpc) is 3.32. The number of rotatable bonds is 5. The second-order valence-corrected chi connectivity index (χ2v) is 8.95. The van der Waals surface area contributed by atoms with Crippen LogP contribution in [0, 0.1) is 6.92 Å². The van der Waals surface area contributed by atoms with Gasteiger partial charge in [-0.05, 0) is 56.2 Å². The molecule has 1 aliphatic heterocycles. The van der Waals surface area contributed by atoms with Crippen molar-refractivity contribution in [3.8, 4) is 0 Å². The molecule has 1 aliphatic carbocycles. The summed E-state index contributed by atoms with van der Waals surface area (Å²) < 4.78 is 6.00. The molecule has 164 valence electrons. The summed E-state index contributed by atoms with van der Waals surface area (Å²) in [4.78, 5) is 30.1. The summed E-state index contributed by atoms with van der Waals surface area (Å²) in [7, 11) is 0. The van der Waals surface area contributed by atoms with Crippen LogP contribution in [0.15, 0.2) is 48.5 Å². The molecule has 1 saturated carbocycles. The van der Waals surface area contributed by atoms with Crippen molar-refractivity contribution in [1.82, 2.24) is 9.80 Å². The monoisotopic (exact) mass is 440 g/mol. The van der Waals surface area contributed by atoms with Gasteiger partial charge in [-0.2, -0.15) is 0 Å². The molecule has 0 spiro atoms. The maximum Gasteiger partial charge on any atom is 0.254 e. The number of morpholine rings is 1. The van der Waals surface area contributed by atoms with Gasteiger partial charge < -0.3 is 14.5 Å². The first-order chi connectivity index (χ1) is 15.0. The van der Waals surface area contributed by atoms with Crippen LogP contribution in [-0.2, 0) is 4.74 Å². The van der Waals surface area contributed by atoms with E-state index in [2.05, 4.69) is 0 Å². The Morgan fingerprint density at radius 1 is 1.03 bits per heavy atom. The lowest BCUT2D eigenvalue weighted by molar-refractivity contribution is -0.0370. The zero-order chi connectivity index (χ0) is 21.8. The van der Waals surface area contributed by atoms with Crippen LogP contribution in [0.25, 0.3) is 0 Å². The first-order valence-electron chi connectivity index (χ1n) is 11.1. The van der Waals surface area contributed by atoms with E-state index >= 15 is 0 Å². The first-order valence-corrected chi connectivity index (χ1v) is 11.4. The van der Waals surface area contributed by atoms with Gasteiger partial charge in [-0.15, -0.1) is 0 Å². The number of aryl methyl sites for hydroxylation is 1. The normalized spacial score (nSPS) is 19.4. The number of amides is 2. The molecule has 0 aromatic heterocycles. The smallest absolute Gasteiger partial charge is 0.254 e. The molecule has 2 aliphatic rings. The molecule has 0 N–H and O–H groups in total. The van der Waals surface area contributed by atoms with E-state index < -0.39 is 0 Å². The van der Waals surface area contributed by atoms with Gasteiger partial charge in [-0.1, -0.05) is 42.1 Å². The van der Waals surface area contributed by atoms with Crippen molar-refractivity contribution in [3.05, 3.63) is 70.2 Å². The third-order valence-corrected chi connectivity index (χ3v) is 6.49. The Labute approximate surface area is 188 Å². The zero-order valence-corrected chi connectivity index (χ0v) is 18.7. The molecule has 0 radical (unpaired) electrons. The maximum absolute atomic E-state index is 13.4. The summed E-state index contributed by atoms with van der Waals surface area (Å²) in [6.45, 7) is 4.02. The third kappa shape index (κ3) is 5.28. The Morgan fingerprint density at radius 2 is 1.68 bits per heavy atom. The lowest BCUT2D eigenvalue weighted by Crippen LogP contribution is -2.52. The summed E-state index contributed by atoms with van der Waals surface area (Å²) in [5, 5.41) is 0.609. The Morgan fingerprint density at radius 3 is 2.35 bits per heavy atom. The van der Waals surface area contributed by atoms with Crippen LogP contribution in [0.3, 0.4) is 0 Å². The predicted molar refractivity (Wildman–Crippen MR) is 122 cm³/mol. The van der Waals surface area contributed by atoms with E-state index in [9.17, 15) is 9.59 Å². The predicted octanol–water partition coefficient (Wildman–Crippen LogP) is 4.57. The summed E-state index contributed by atoms with van der Waals surface area (Å²) >= 11 is 5.95. The highest BCUT2D eigenvalue weighted by atomic mass is 35.5. The van der Waals surface area contributed by atoms with Crippen LogP contribution < -0.4 is 0 Å². The topological polar surface area (TPSA) is 49.9 Å². The fourth-order valence-corrected chi connectivity index (χ4v) is 4.61. The number of hydrogen-bond donors (Lipinski definition) is 0. The van der Waals surface area contributed by atoms with Crippen LogP contribution in [0.4, 0.5) is 0 Å². The van der Waals surface area contributed by atoms with Crippen LogP contribution in [0.2, 0.25) is 5.02 Å². The maximum atomic E-state index is 13.4. The van der Waals surface area contributed by atoms with Crippen molar-refractivity contribution in [3.63, 3.8) is 0 Å². The molecule has 1 atom stereocenters. The first kappa shape index (κ1) is 21.8. The summed E-state index contributed by atoms with van der Waals surface area (Å²) in [5.74, 6) is 0.0268. The van der Waals surface area contributed by atoms with E-state index in [4.69, 9.17) is 16.3 Å². The van der Waals surface area contributed by atoms with E-state index in [1.54, 1.807) is 24.3 Å². The van der Waals surface area contributed by atoms with Gasteiger partial charge in [0.15, 0.2) is 0 Å². The van der Waals surface area contributed by atoms with Gasteiger partial charge in [0, 0.05) is 41.8 Å². The number of halogens is 1. The lowest BCUT2D eigenvalue weighted by atomic mass is 10.1. The van der Waals surface area contributed by atoms with Gasteiger partial charge in [0.05, 0.1) is 12.7 Å². The van der Waals surface area contributed by atoms with Crippen LogP contribution >= 0.6 is 11.6 Å². The van der Waals surface area contributed by atoms with Gasteiger partial charge >= 0.3 is 0 Å². The number of carbonyl (C=O) groups is 2. The molecule has 2 amide bonds. The van der Waals surface area contributed by atoms with Gasteiger partial charge in [0.2, 0.25) is 0 Å². The standard InChI is InChI=1S/C25H29ClN2O3/c1-18-6-8-20(9-7-18)25(30)28(22-4-2-3-5-22)17-23-16-27(14-15-31-23)24(29)19-10-12-21(26)13-11-19/h6-13,22-23H,2-5,14-17H2,1H3. The molecular weight excluding hydrogens is 412 g/mol. The number of carbonyl (C=O) groups excluding carboxylic acids is 2. The van der Waals surface area contributed by atoms with Gasteiger partial charge in [-0.25, -0.2) is 0 Å². The van der Waals surface area contributed by atoms with E-state index in [-0.39, 0.29) is 24.0 Å². The fraction of sp³-hybridized carbons (Fsp3) is 0.440. The Balaban J connectivity index is 1.47. The fourth-order valence-electron chi connectivity index (χ4n) is 4.48. The molecule has 2 fully saturated rings. The highest BCUT2D eigenvalue weighted by Gasteiger charge is 2.32. The minimum atomic E-state index is -0.194. The molecule has 2 aromatic carbocycles. The summed E-state index contributed by atoms with van der Waals surface area (Å²) in [6.07, 6.45) is 4.15. The Kier molecular flexibility index (Phi) is 6.93. The van der Waals surface area contributed by atoms with E-state index in [1.165, 1.54) is 0 Å². The number of hydrogen-bond acceptors (Lipinski definition) is 3. The molecule has 0 bridgehead atoms. The Hall–Kier alpha value is -2.37. The SMILES string of the molecule is Cc1ccc(C(=O)N(CC2CN(C(=O)c3ccc(Cl)cc3)CCO2)C2CCCC2)cc1. The van der Waals surface area contributed by atoms with E-state index in [1.807, 2.05) is 41.0 Å². The average molecular weight is 441 g/mol. The summed E-state index contributed by atoms with van der Waals surface area (Å²) in [5.41, 5.74) is 2.46. The number of nitrogens with zero attached hydrogens (tertiary/aromatic N) is 2. The minimum Gasteiger partial charge on any atom is -0.373 e. The lowest BCUT2D eigenvalue weighted by Gasteiger charge is -2.38. The molecule has 4 rings (SSSR count). The number of ether oxygens (including phenoxy) is 1. The highest BCUT2D eigenvalue weighted by molar-refractivity contribution is 6.30. The minimum absolute atomic E-state index is 0.0257. The molecule has 31 heavy (non-hydrogen) atoms.